The number of amides is 1. The number of anilines is 1. The monoisotopic (exact) mass is 343 g/mol. The van der Waals surface area contributed by atoms with Gasteiger partial charge in [0.1, 0.15) is 10.3 Å². The second kappa shape index (κ2) is 5.74. The molecule has 1 aliphatic rings. The Morgan fingerprint density at radius 3 is 2.90 bits per heavy atom. The van der Waals surface area contributed by atoms with Crippen LogP contribution in [-0.2, 0) is 14.8 Å². The highest BCUT2D eigenvalue weighted by atomic mass is 32.2. The third-order valence-electron chi connectivity index (χ3n) is 3.22. The molecule has 112 valence electrons. The molecule has 6 nitrogen and oxygen atoms in total. The molecule has 21 heavy (non-hydrogen) atoms. The number of carbonyl (C=O) groups is 1. The number of nitrogens with zero attached hydrogens (tertiary/aromatic N) is 2. The Balaban J connectivity index is 1.76. The number of sulfonamides is 1. The first kappa shape index (κ1) is 14.5. The number of thiophene rings is 1. The fraction of sp³-hybridized carbons (Fsp3) is 0.333. The van der Waals surface area contributed by atoms with Gasteiger partial charge in [0, 0.05) is 18.1 Å². The van der Waals surface area contributed by atoms with Crippen molar-refractivity contribution in [2.24, 2.45) is 0 Å². The van der Waals surface area contributed by atoms with Gasteiger partial charge in [0.05, 0.1) is 0 Å². The molecule has 1 saturated heterocycles. The van der Waals surface area contributed by atoms with E-state index in [-0.39, 0.29) is 4.21 Å². The number of hydrogen-bond acceptors (Lipinski definition) is 7. The van der Waals surface area contributed by atoms with Crippen molar-refractivity contribution >= 4 is 43.7 Å². The van der Waals surface area contributed by atoms with Crippen LogP contribution in [0.5, 0.6) is 0 Å². The van der Waals surface area contributed by atoms with E-state index in [0.29, 0.717) is 13.0 Å². The minimum Gasteiger partial charge on any atom is -0.336 e. The van der Waals surface area contributed by atoms with Crippen molar-refractivity contribution in [3.05, 3.63) is 29.1 Å². The average molecular weight is 343 g/mol. The molecule has 1 N–H and O–H groups in total. The van der Waals surface area contributed by atoms with Crippen LogP contribution in [0.4, 0.5) is 5.13 Å². The summed E-state index contributed by atoms with van der Waals surface area (Å²) in [6.45, 7) is 0.713. The van der Waals surface area contributed by atoms with Gasteiger partial charge in [-0.1, -0.05) is 6.07 Å². The smallest absolute Gasteiger partial charge is 0.273 e. The van der Waals surface area contributed by atoms with E-state index in [9.17, 15) is 13.2 Å². The third kappa shape index (κ3) is 2.94. The maximum atomic E-state index is 12.3. The van der Waals surface area contributed by atoms with Crippen LogP contribution in [0.15, 0.2) is 33.3 Å². The summed E-state index contributed by atoms with van der Waals surface area (Å²) >= 11 is 2.53. The summed E-state index contributed by atoms with van der Waals surface area (Å²) in [5.74, 6) is -0.490. The molecule has 2 aromatic rings. The molecule has 1 atom stereocenters. The van der Waals surface area contributed by atoms with E-state index < -0.39 is 22.0 Å². The first-order chi connectivity index (χ1) is 10.1. The highest BCUT2D eigenvalue weighted by Crippen LogP contribution is 2.27. The number of rotatable bonds is 4. The van der Waals surface area contributed by atoms with Crippen LogP contribution >= 0.6 is 22.7 Å². The van der Waals surface area contributed by atoms with Crippen LogP contribution < -0.4 is 9.62 Å². The lowest BCUT2D eigenvalue weighted by molar-refractivity contribution is -0.120. The van der Waals surface area contributed by atoms with Gasteiger partial charge in [-0.25, -0.2) is 18.1 Å². The minimum atomic E-state index is -3.77. The molecule has 0 spiro atoms. The second-order valence-corrected chi connectivity index (χ2v) is 8.30. The molecular formula is C12H13N3O3S3. The van der Waals surface area contributed by atoms with Gasteiger partial charge < -0.3 is 4.90 Å². The van der Waals surface area contributed by atoms with Gasteiger partial charge in [-0.3, -0.25) is 4.79 Å². The van der Waals surface area contributed by atoms with Crippen LogP contribution in [0.2, 0.25) is 0 Å². The van der Waals surface area contributed by atoms with Gasteiger partial charge in [0.25, 0.3) is 15.9 Å². The normalized spacial score (nSPS) is 18.9. The Morgan fingerprint density at radius 2 is 2.24 bits per heavy atom. The first-order valence-electron chi connectivity index (χ1n) is 6.34. The molecular weight excluding hydrogens is 330 g/mol. The summed E-state index contributed by atoms with van der Waals surface area (Å²) in [4.78, 5) is 18.4. The minimum absolute atomic E-state index is 0.148. The second-order valence-electron chi connectivity index (χ2n) is 4.57. The Hall–Kier alpha value is -1.45. The fourth-order valence-electron chi connectivity index (χ4n) is 2.29. The summed E-state index contributed by atoms with van der Waals surface area (Å²) < 4.78 is 26.5. The SMILES string of the molecule is O=C(NS(=O)(=O)c1cccs1)[C@@H]1CCCN1c1nccs1. The molecule has 0 aromatic carbocycles. The molecule has 0 aliphatic carbocycles. The lowest BCUT2D eigenvalue weighted by Crippen LogP contribution is -2.45. The highest BCUT2D eigenvalue weighted by Gasteiger charge is 2.34. The quantitative estimate of drug-likeness (QED) is 0.914. The number of hydrogen-bond donors (Lipinski definition) is 1. The van der Waals surface area contributed by atoms with Gasteiger partial charge in [0.2, 0.25) is 0 Å². The molecule has 0 unspecified atom stereocenters. The summed E-state index contributed by atoms with van der Waals surface area (Å²) in [5, 5.41) is 4.25. The van der Waals surface area contributed by atoms with Gasteiger partial charge in [0.15, 0.2) is 5.13 Å². The number of thiazole rings is 1. The molecule has 1 aliphatic heterocycles. The molecule has 0 bridgehead atoms. The van der Waals surface area contributed by atoms with Crippen molar-refractivity contribution in [2.75, 3.05) is 11.4 Å². The lowest BCUT2D eigenvalue weighted by Gasteiger charge is -2.22. The highest BCUT2D eigenvalue weighted by molar-refractivity contribution is 7.92. The van der Waals surface area contributed by atoms with Crippen molar-refractivity contribution in [1.29, 1.82) is 0 Å². The zero-order valence-electron chi connectivity index (χ0n) is 10.9. The average Bonchev–Trinajstić information content (AvgIpc) is 3.19. The van der Waals surface area contributed by atoms with Crippen LogP contribution in [0, 0.1) is 0 Å². The molecule has 0 saturated carbocycles. The Kier molecular flexibility index (Phi) is 3.96. The number of aromatic nitrogens is 1. The van der Waals surface area contributed by atoms with E-state index in [1.165, 1.54) is 17.4 Å². The van der Waals surface area contributed by atoms with Crippen molar-refractivity contribution in [3.63, 3.8) is 0 Å². The molecule has 1 amide bonds. The zero-order valence-corrected chi connectivity index (χ0v) is 13.4. The van der Waals surface area contributed by atoms with Gasteiger partial charge in [-0.2, -0.15) is 0 Å². The van der Waals surface area contributed by atoms with E-state index in [2.05, 4.69) is 9.71 Å². The maximum absolute atomic E-state index is 12.3. The predicted molar refractivity (Wildman–Crippen MR) is 82.1 cm³/mol. The van der Waals surface area contributed by atoms with E-state index in [1.54, 1.807) is 17.6 Å². The lowest BCUT2D eigenvalue weighted by atomic mass is 10.2. The van der Waals surface area contributed by atoms with Crippen LogP contribution in [0.25, 0.3) is 0 Å². The standard InChI is InChI=1S/C12H13N3O3S3/c16-11(14-21(17,18)10-4-2-7-19-10)9-3-1-6-15(9)12-13-5-8-20-12/h2,4-5,7-9H,1,3,6H2,(H,14,16)/t9-/m0/s1. The van der Waals surface area contributed by atoms with Crippen molar-refractivity contribution < 1.29 is 13.2 Å². The zero-order chi connectivity index (χ0) is 14.9. The van der Waals surface area contributed by atoms with E-state index in [4.69, 9.17) is 0 Å². The van der Waals surface area contributed by atoms with Crippen LogP contribution in [0.3, 0.4) is 0 Å². The van der Waals surface area contributed by atoms with Gasteiger partial charge >= 0.3 is 0 Å². The van der Waals surface area contributed by atoms with Gasteiger partial charge in [-0.15, -0.1) is 22.7 Å². The van der Waals surface area contributed by atoms with Crippen molar-refractivity contribution in [2.45, 2.75) is 23.1 Å². The number of nitrogens with one attached hydrogen (secondary N) is 1. The Morgan fingerprint density at radius 1 is 1.38 bits per heavy atom. The maximum Gasteiger partial charge on any atom is 0.273 e. The summed E-state index contributed by atoms with van der Waals surface area (Å²) in [5.41, 5.74) is 0. The number of carbonyl (C=O) groups excluding carboxylic acids is 1. The van der Waals surface area contributed by atoms with Gasteiger partial charge in [-0.05, 0) is 24.3 Å². The van der Waals surface area contributed by atoms with Crippen LogP contribution in [0.1, 0.15) is 12.8 Å². The molecule has 0 radical (unpaired) electrons. The summed E-state index contributed by atoms with van der Waals surface area (Å²) in [6.07, 6.45) is 3.15. The van der Waals surface area contributed by atoms with Crippen LogP contribution in [-0.4, -0.2) is 31.9 Å². The molecule has 3 heterocycles. The first-order valence-corrected chi connectivity index (χ1v) is 9.58. The van der Waals surface area contributed by atoms with E-state index >= 15 is 0 Å². The summed E-state index contributed by atoms with van der Waals surface area (Å²) in [6, 6.07) is 2.64. The van der Waals surface area contributed by atoms with Crippen molar-refractivity contribution in [3.8, 4) is 0 Å². The Bertz CT molecular complexity index is 710. The fourth-order valence-corrected chi connectivity index (χ4v) is 5.02. The summed E-state index contributed by atoms with van der Waals surface area (Å²) in [7, 11) is -3.77. The van der Waals surface area contributed by atoms with E-state index in [0.717, 1.165) is 22.9 Å². The molecule has 1 fully saturated rings. The third-order valence-corrected chi connectivity index (χ3v) is 6.77. The topological polar surface area (TPSA) is 79.4 Å². The molecule has 3 rings (SSSR count). The molecule has 9 heteroatoms. The Labute approximate surface area is 130 Å². The molecule has 2 aromatic heterocycles. The largest absolute Gasteiger partial charge is 0.336 e. The predicted octanol–water partition coefficient (Wildman–Crippen LogP) is 1.68. The van der Waals surface area contributed by atoms with E-state index in [1.807, 2.05) is 10.3 Å². The van der Waals surface area contributed by atoms with Crippen molar-refractivity contribution in [1.82, 2.24) is 9.71 Å².